The van der Waals surface area contributed by atoms with Crippen molar-refractivity contribution < 1.29 is 8.83 Å². The molecule has 0 N–H and O–H groups in total. The van der Waals surface area contributed by atoms with Crippen LogP contribution >= 0.6 is 0 Å². The molecule has 0 bridgehead atoms. The summed E-state index contributed by atoms with van der Waals surface area (Å²) in [4.78, 5) is 0. The minimum atomic E-state index is 0.619. The molecule has 0 amide bonds. The normalized spacial score (nSPS) is 11.9. The highest BCUT2D eigenvalue weighted by atomic mass is 16.3. The fourth-order valence-corrected chi connectivity index (χ4v) is 6.42. The largest absolute Gasteiger partial charge is 0.456 e. The van der Waals surface area contributed by atoms with Gasteiger partial charge in [0, 0.05) is 32.5 Å². The Morgan fingerprint density at radius 3 is 2.17 bits per heavy atom. The number of benzene rings is 6. The Labute approximate surface area is 233 Å². The van der Waals surface area contributed by atoms with Crippen LogP contribution in [0.2, 0.25) is 0 Å². The Bertz CT molecular complexity index is 2550. The molecule has 41 heavy (non-hydrogen) atoms. The first-order valence-corrected chi connectivity index (χ1v) is 13.6. The topological polar surface area (TPSA) is 55.0 Å². The van der Waals surface area contributed by atoms with Crippen LogP contribution in [0.1, 0.15) is 5.56 Å². The Morgan fingerprint density at radius 1 is 0.537 bits per heavy atom. The van der Waals surface area contributed by atoms with Gasteiger partial charge in [-0.25, -0.2) is 0 Å². The summed E-state index contributed by atoms with van der Waals surface area (Å²) in [6.45, 7) is 0. The van der Waals surface area contributed by atoms with E-state index in [1.807, 2.05) is 30.3 Å². The fraction of sp³-hybridized carbons (Fsp3) is 0. The van der Waals surface area contributed by atoms with Crippen molar-refractivity contribution in [3.63, 3.8) is 0 Å². The lowest BCUT2D eigenvalue weighted by Gasteiger charge is -2.14. The van der Waals surface area contributed by atoms with Crippen molar-refractivity contribution in [3.05, 3.63) is 127 Å². The second kappa shape index (κ2) is 8.11. The maximum absolute atomic E-state index is 9.47. The maximum atomic E-state index is 9.47. The van der Waals surface area contributed by atoms with Crippen LogP contribution in [-0.4, -0.2) is 4.57 Å². The third-order valence-electron chi connectivity index (χ3n) is 8.23. The highest BCUT2D eigenvalue weighted by Crippen LogP contribution is 2.42. The van der Waals surface area contributed by atoms with Crippen LogP contribution in [-0.2, 0) is 0 Å². The van der Waals surface area contributed by atoms with Gasteiger partial charge in [0.2, 0.25) is 0 Å². The number of para-hydroxylation sites is 3. The molecular formula is C37H20N2O2. The number of furan rings is 2. The molecule has 3 heterocycles. The zero-order valence-electron chi connectivity index (χ0n) is 21.8. The van der Waals surface area contributed by atoms with Crippen LogP contribution in [0.15, 0.2) is 130 Å². The third-order valence-corrected chi connectivity index (χ3v) is 8.23. The van der Waals surface area contributed by atoms with Gasteiger partial charge < -0.3 is 13.4 Å². The number of fused-ring (bicyclic) bond motifs is 10. The molecule has 190 valence electrons. The van der Waals surface area contributed by atoms with Crippen LogP contribution < -0.4 is 0 Å². The number of rotatable bonds is 2. The van der Waals surface area contributed by atoms with Gasteiger partial charge in [0.25, 0.3) is 0 Å². The molecule has 0 radical (unpaired) electrons. The summed E-state index contributed by atoms with van der Waals surface area (Å²) in [7, 11) is 0. The highest BCUT2D eigenvalue weighted by molar-refractivity contribution is 6.24. The summed E-state index contributed by atoms with van der Waals surface area (Å²) in [5.41, 5.74) is 9.49. The van der Waals surface area contributed by atoms with Gasteiger partial charge in [-0.1, -0.05) is 60.7 Å². The molecule has 0 unspecified atom stereocenters. The molecule has 0 spiro atoms. The number of nitriles is 1. The Morgan fingerprint density at radius 2 is 1.27 bits per heavy atom. The van der Waals surface area contributed by atoms with E-state index in [4.69, 9.17) is 8.83 Å². The van der Waals surface area contributed by atoms with E-state index in [9.17, 15) is 5.26 Å². The summed E-state index contributed by atoms with van der Waals surface area (Å²) in [6.07, 6.45) is 0. The molecule has 6 aromatic carbocycles. The van der Waals surface area contributed by atoms with Crippen molar-refractivity contribution in [3.8, 4) is 22.9 Å². The molecular weight excluding hydrogens is 504 g/mol. The van der Waals surface area contributed by atoms with E-state index < -0.39 is 0 Å². The van der Waals surface area contributed by atoms with E-state index in [1.54, 1.807) is 6.07 Å². The summed E-state index contributed by atoms with van der Waals surface area (Å²) >= 11 is 0. The van der Waals surface area contributed by atoms with Crippen LogP contribution in [0.4, 0.5) is 0 Å². The van der Waals surface area contributed by atoms with E-state index in [0.717, 1.165) is 82.5 Å². The van der Waals surface area contributed by atoms with E-state index in [-0.39, 0.29) is 0 Å². The van der Waals surface area contributed by atoms with Gasteiger partial charge in [-0.05, 0) is 66.2 Å². The minimum absolute atomic E-state index is 0.619. The number of nitrogens with zero attached hydrogens (tertiary/aromatic N) is 2. The van der Waals surface area contributed by atoms with Crippen molar-refractivity contribution in [1.29, 1.82) is 5.26 Å². The average molecular weight is 525 g/mol. The van der Waals surface area contributed by atoms with E-state index in [1.165, 1.54) is 0 Å². The SMILES string of the molecule is N#Cc1ccc2oc3ccc(-c4ccccc4-n4c5ccccc5c5c6oc7ccccc7c6ccc54)cc3c2c1. The number of hydrogen-bond acceptors (Lipinski definition) is 3. The van der Waals surface area contributed by atoms with Gasteiger partial charge >= 0.3 is 0 Å². The monoisotopic (exact) mass is 524 g/mol. The van der Waals surface area contributed by atoms with Gasteiger partial charge in [0.05, 0.1) is 33.7 Å². The van der Waals surface area contributed by atoms with Crippen molar-refractivity contribution in [2.75, 3.05) is 0 Å². The zero-order chi connectivity index (χ0) is 27.1. The molecule has 3 aromatic heterocycles. The average Bonchev–Trinajstić information content (AvgIpc) is 3.69. The summed E-state index contributed by atoms with van der Waals surface area (Å²) in [6, 6.07) is 43.8. The maximum Gasteiger partial charge on any atom is 0.145 e. The van der Waals surface area contributed by atoms with E-state index in [0.29, 0.717) is 5.56 Å². The standard InChI is InChI=1S/C37H20N2O2/c38-21-22-13-17-34-28(19-22)29-20-23(14-18-35(29)40-34)24-7-1-4-10-30(24)39-31-11-5-2-9-27(31)36-32(39)16-15-26-25-8-3-6-12-33(25)41-37(26)36/h1-20H. The lowest BCUT2D eigenvalue weighted by atomic mass is 10.0. The molecule has 0 fully saturated rings. The van der Waals surface area contributed by atoms with Gasteiger partial charge in [-0.15, -0.1) is 0 Å². The molecule has 9 rings (SSSR count). The van der Waals surface area contributed by atoms with Crippen molar-refractivity contribution >= 4 is 65.7 Å². The van der Waals surface area contributed by atoms with E-state index >= 15 is 0 Å². The molecule has 0 atom stereocenters. The van der Waals surface area contributed by atoms with Crippen LogP contribution in [0.3, 0.4) is 0 Å². The number of hydrogen-bond donors (Lipinski definition) is 0. The van der Waals surface area contributed by atoms with Gasteiger partial charge in [0.15, 0.2) is 0 Å². The predicted molar refractivity (Wildman–Crippen MR) is 165 cm³/mol. The lowest BCUT2D eigenvalue weighted by molar-refractivity contribution is 0.669. The Kier molecular flexibility index (Phi) is 4.37. The van der Waals surface area contributed by atoms with Gasteiger partial charge in [0.1, 0.15) is 22.3 Å². The Hall–Kier alpha value is -5.79. The molecule has 0 aliphatic heterocycles. The molecule has 9 aromatic rings. The Balaban J connectivity index is 1.35. The predicted octanol–water partition coefficient (Wildman–Crippen LogP) is 10.1. The third kappa shape index (κ3) is 3.03. The summed E-state index contributed by atoms with van der Waals surface area (Å²) < 4.78 is 14.9. The first-order valence-electron chi connectivity index (χ1n) is 13.6. The molecule has 4 heteroatoms. The second-order valence-electron chi connectivity index (χ2n) is 10.4. The first kappa shape index (κ1) is 22.1. The molecule has 0 saturated carbocycles. The smallest absolute Gasteiger partial charge is 0.145 e. The highest BCUT2D eigenvalue weighted by Gasteiger charge is 2.20. The van der Waals surface area contributed by atoms with Crippen LogP contribution in [0, 0.1) is 11.3 Å². The first-order chi connectivity index (χ1) is 20.3. The van der Waals surface area contributed by atoms with Gasteiger partial charge in [-0.2, -0.15) is 5.26 Å². The lowest BCUT2D eigenvalue weighted by Crippen LogP contribution is -1.97. The minimum Gasteiger partial charge on any atom is -0.456 e. The summed E-state index contributed by atoms with van der Waals surface area (Å²) in [5, 5.41) is 15.9. The van der Waals surface area contributed by atoms with Crippen LogP contribution in [0.5, 0.6) is 0 Å². The fourth-order valence-electron chi connectivity index (χ4n) is 6.42. The van der Waals surface area contributed by atoms with Crippen LogP contribution in [0.25, 0.3) is 82.5 Å². The molecule has 0 aliphatic rings. The van der Waals surface area contributed by atoms with E-state index in [2.05, 4.69) is 95.6 Å². The number of aromatic nitrogens is 1. The quantitative estimate of drug-likeness (QED) is 0.226. The van der Waals surface area contributed by atoms with Crippen molar-refractivity contribution in [1.82, 2.24) is 4.57 Å². The summed E-state index contributed by atoms with van der Waals surface area (Å²) in [5.74, 6) is 0. The molecule has 4 nitrogen and oxygen atoms in total. The van der Waals surface area contributed by atoms with Gasteiger partial charge in [-0.3, -0.25) is 0 Å². The zero-order valence-corrected chi connectivity index (χ0v) is 21.8. The van der Waals surface area contributed by atoms with Crippen molar-refractivity contribution in [2.45, 2.75) is 0 Å². The molecule has 0 saturated heterocycles. The second-order valence-corrected chi connectivity index (χ2v) is 10.4. The van der Waals surface area contributed by atoms with Crippen molar-refractivity contribution in [2.24, 2.45) is 0 Å². The molecule has 0 aliphatic carbocycles.